The zero-order valence-corrected chi connectivity index (χ0v) is 11.5. The summed E-state index contributed by atoms with van der Waals surface area (Å²) in [6, 6.07) is 9.25. The predicted octanol–water partition coefficient (Wildman–Crippen LogP) is -1.67. The number of anilines is 1. The molecule has 2 aromatic rings. The molecule has 78 valence electrons. The summed E-state index contributed by atoms with van der Waals surface area (Å²) < 4.78 is 32.8. The molecule has 2 rings (SSSR count). The van der Waals surface area contributed by atoms with E-state index in [1.54, 1.807) is 18.2 Å². The Bertz CT molecular complexity index is 625. The van der Waals surface area contributed by atoms with Crippen molar-refractivity contribution in [2.24, 2.45) is 0 Å². The van der Waals surface area contributed by atoms with Gasteiger partial charge in [-0.2, -0.15) is 0 Å². The van der Waals surface area contributed by atoms with Gasteiger partial charge in [0.25, 0.3) is 0 Å². The first-order valence-corrected chi connectivity index (χ1v) is 5.63. The van der Waals surface area contributed by atoms with Crippen molar-refractivity contribution in [2.75, 3.05) is 5.73 Å². The van der Waals surface area contributed by atoms with Crippen LogP contribution in [0.15, 0.2) is 41.3 Å². The van der Waals surface area contributed by atoms with E-state index in [9.17, 15) is 13.0 Å². The SMILES string of the molecule is Nc1ccc2c(S(=O)(=O)[O-])cccc2c1.[Na+]. The van der Waals surface area contributed by atoms with Gasteiger partial charge in [-0.25, -0.2) is 8.42 Å². The second kappa shape index (κ2) is 4.73. The molecule has 0 spiro atoms. The molecule has 0 heterocycles. The fraction of sp³-hybridized carbons (Fsp3) is 0. The summed E-state index contributed by atoms with van der Waals surface area (Å²) >= 11 is 0. The summed E-state index contributed by atoms with van der Waals surface area (Å²) in [4.78, 5) is -0.208. The molecule has 0 aliphatic heterocycles. The Kier molecular flexibility index (Phi) is 3.98. The summed E-state index contributed by atoms with van der Waals surface area (Å²) in [7, 11) is -4.43. The number of nitrogens with two attached hydrogens (primary N) is 1. The maximum absolute atomic E-state index is 10.9. The van der Waals surface area contributed by atoms with Crippen molar-refractivity contribution in [3.05, 3.63) is 36.4 Å². The zero-order valence-electron chi connectivity index (χ0n) is 8.67. The minimum Gasteiger partial charge on any atom is -0.744 e. The van der Waals surface area contributed by atoms with Gasteiger partial charge in [-0.3, -0.25) is 0 Å². The summed E-state index contributed by atoms with van der Waals surface area (Å²) in [5.74, 6) is 0. The van der Waals surface area contributed by atoms with Crippen molar-refractivity contribution >= 4 is 26.6 Å². The maximum Gasteiger partial charge on any atom is 1.00 e. The van der Waals surface area contributed by atoms with Gasteiger partial charge < -0.3 is 10.3 Å². The van der Waals surface area contributed by atoms with Gasteiger partial charge in [-0.05, 0) is 29.0 Å². The number of benzene rings is 2. The van der Waals surface area contributed by atoms with Crippen LogP contribution in [-0.2, 0) is 10.1 Å². The minimum absolute atomic E-state index is 0. The molecule has 0 unspecified atom stereocenters. The Morgan fingerprint density at radius 1 is 1.12 bits per heavy atom. The first-order chi connectivity index (χ1) is 6.98. The van der Waals surface area contributed by atoms with Crippen molar-refractivity contribution in [1.82, 2.24) is 0 Å². The van der Waals surface area contributed by atoms with E-state index in [0.717, 1.165) is 0 Å². The molecule has 2 aromatic carbocycles. The van der Waals surface area contributed by atoms with Crippen LogP contribution in [-0.4, -0.2) is 13.0 Å². The third-order valence-corrected chi connectivity index (χ3v) is 3.03. The van der Waals surface area contributed by atoms with E-state index in [2.05, 4.69) is 0 Å². The molecule has 6 heteroatoms. The van der Waals surface area contributed by atoms with Crippen molar-refractivity contribution in [3.8, 4) is 0 Å². The van der Waals surface area contributed by atoms with E-state index >= 15 is 0 Å². The van der Waals surface area contributed by atoms with Crippen LogP contribution in [0.3, 0.4) is 0 Å². The minimum atomic E-state index is -4.43. The van der Waals surface area contributed by atoms with E-state index in [-0.39, 0.29) is 34.5 Å². The molecular weight excluding hydrogens is 237 g/mol. The Morgan fingerprint density at radius 3 is 2.44 bits per heavy atom. The van der Waals surface area contributed by atoms with Gasteiger partial charge >= 0.3 is 29.6 Å². The largest absolute Gasteiger partial charge is 1.00 e. The average Bonchev–Trinajstić information content (AvgIpc) is 2.15. The Balaban J connectivity index is 0.00000128. The molecular formula is C10H8NNaO3S. The molecule has 0 bridgehead atoms. The standard InChI is InChI=1S/C10H9NO3S.Na/c11-8-4-5-9-7(6-8)2-1-3-10(9)15(12,13)14;/h1-6H,11H2,(H,12,13,14);/q;+1/p-1. The second-order valence-corrected chi connectivity index (χ2v) is 4.54. The molecule has 0 aliphatic rings. The predicted molar refractivity (Wildman–Crippen MR) is 56.3 cm³/mol. The Morgan fingerprint density at radius 2 is 1.81 bits per heavy atom. The van der Waals surface area contributed by atoms with Crippen LogP contribution in [0.2, 0.25) is 0 Å². The molecule has 2 N–H and O–H groups in total. The topological polar surface area (TPSA) is 83.2 Å². The molecule has 0 amide bonds. The van der Waals surface area contributed by atoms with E-state index < -0.39 is 10.1 Å². The van der Waals surface area contributed by atoms with Crippen LogP contribution in [0.1, 0.15) is 0 Å². The molecule has 0 atom stereocenters. The number of nitrogen functional groups attached to an aromatic ring is 1. The van der Waals surface area contributed by atoms with Crippen LogP contribution in [0.4, 0.5) is 5.69 Å². The molecule has 0 aliphatic carbocycles. The Labute approximate surface area is 115 Å². The van der Waals surface area contributed by atoms with Gasteiger partial charge in [0.1, 0.15) is 10.1 Å². The molecule has 0 fully saturated rings. The van der Waals surface area contributed by atoms with Gasteiger partial charge in [-0.1, -0.05) is 18.2 Å². The summed E-state index contributed by atoms with van der Waals surface area (Å²) in [6.07, 6.45) is 0. The quantitative estimate of drug-likeness (QED) is 0.370. The zero-order chi connectivity index (χ0) is 11.1. The fourth-order valence-corrected chi connectivity index (χ4v) is 2.19. The molecule has 0 saturated carbocycles. The fourth-order valence-electron chi connectivity index (χ4n) is 1.49. The number of fused-ring (bicyclic) bond motifs is 1. The molecule has 16 heavy (non-hydrogen) atoms. The third-order valence-electron chi connectivity index (χ3n) is 2.13. The number of hydrogen-bond donors (Lipinski definition) is 1. The van der Waals surface area contributed by atoms with Gasteiger partial charge in [0.05, 0.1) is 4.90 Å². The molecule has 0 radical (unpaired) electrons. The normalized spacial score (nSPS) is 11.1. The van der Waals surface area contributed by atoms with Gasteiger partial charge in [-0.15, -0.1) is 0 Å². The summed E-state index contributed by atoms with van der Waals surface area (Å²) in [5.41, 5.74) is 6.09. The smallest absolute Gasteiger partial charge is 0.744 e. The monoisotopic (exact) mass is 245 g/mol. The summed E-state index contributed by atoms with van der Waals surface area (Å²) in [5, 5.41) is 1.05. The van der Waals surface area contributed by atoms with Crippen LogP contribution < -0.4 is 35.3 Å². The Hall–Kier alpha value is -0.590. The third kappa shape index (κ3) is 2.56. The first kappa shape index (κ1) is 13.5. The van der Waals surface area contributed by atoms with Gasteiger partial charge in [0.15, 0.2) is 0 Å². The van der Waals surface area contributed by atoms with Gasteiger partial charge in [0, 0.05) is 5.69 Å². The van der Waals surface area contributed by atoms with Crippen LogP contribution in [0, 0.1) is 0 Å². The molecule has 0 saturated heterocycles. The molecule has 0 aromatic heterocycles. The first-order valence-electron chi connectivity index (χ1n) is 4.22. The van der Waals surface area contributed by atoms with Crippen LogP contribution in [0.5, 0.6) is 0 Å². The van der Waals surface area contributed by atoms with Crippen molar-refractivity contribution in [3.63, 3.8) is 0 Å². The van der Waals surface area contributed by atoms with Gasteiger partial charge in [0.2, 0.25) is 0 Å². The average molecular weight is 245 g/mol. The van der Waals surface area contributed by atoms with Crippen LogP contribution >= 0.6 is 0 Å². The van der Waals surface area contributed by atoms with Crippen molar-refractivity contribution in [1.29, 1.82) is 0 Å². The van der Waals surface area contributed by atoms with E-state index in [1.807, 2.05) is 0 Å². The number of hydrogen-bond acceptors (Lipinski definition) is 4. The second-order valence-electron chi connectivity index (χ2n) is 3.19. The maximum atomic E-state index is 10.9. The summed E-state index contributed by atoms with van der Waals surface area (Å²) in [6.45, 7) is 0. The van der Waals surface area contributed by atoms with Crippen LogP contribution in [0.25, 0.3) is 10.8 Å². The van der Waals surface area contributed by atoms with Crippen molar-refractivity contribution < 1.29 is 42.5 Å². The van der Waals surface area contributed by atoms with E-state index in [1.165, 1.54) is 18.2 Å². The van der Waals surface area contributed by atoms with Crippen molar-refractivity contribution in [2.45, 2.75) is 4.90 Å². The molecule has 4 nitrogen and oxygen atoms in total. The van der Waals surface area contributed by atoms with E-state index in [0.29, 0.717) is 16.5 Å². The van der Waals surface area contributed by atoms with E-state index in [4.69, 9.17) is 5.73 Å². The number of rotatable bonds is 1.